The second kappa shape index (κ2) is 10.5. The third kappa shape index (κ3) is 9.69. The Bertz CT molecular complexity index is 321. The fraction of sp³-hybridized carbons (Fsp3) is 1.00. The SMILES string of the molecule is CCNCCCCS(=O)(=O)NCCN(C(C)C)C(C)C. The Labute approximate surface area is 125 Å². The Kier molecular flexibility index (Phi) is 10.5. The molecule has 0 radical (unpaired) electrons. The predicted octanol–water partition coefficient (Wildman–Crippen LogP) is 1.41. The molecule has 0 aliphatic heterocycles. The van der Waals surface area contributed by atoms with Crippen molar-refractivity contribution < 1.29 is 8.42 Å². The number of nitrogens with zero attached hydrogens (tertiary/aromatic N) is 1. The Morgan fingerprint density at radius 1 is 1.00 bits per heavy atom. The van der Waals surface area contributed by atoms with Gasteiger partial charge in [0.15, 0.2) is 0 Å². The summed E-state index contributed by atoms with van der Waals surface area (Å²) in [5, 5.41) is 3.20. The molecule has 0 bridgehead atoms. The monoisotopic (exact) mass is 307 g/mol. The molecule has 0 spiro atoms. The molecule has 0 saturated heterocycles. The maximum Gasteiger partial charge on any atom is 0.211 e. The van der Waals surface area contributed by atoms with Crippen LogP contribution < -0.4 is 10.0 Å². The van der Waals surface area contributed by atoms with E-state index in [1.54, 1.807) is 0 Å². The lowest BCUT2D eigenvalue weighted by atomic mass is 10.2. The number of hydrogen-bond acceptors (Lipinski definition) is 4. The minimum absolute atomic E-state index is 0.224. The Morgan fingerprint density at radius 2 is 1.60 bits per heavy atom. The molecule has 122 valence electrons. The first-order chi connectivity index (χ1) is 9.30. The van der Waals surface area contributed by atoms with E-state index in [1.807, 2.05) is 6.92 Å². The minimum Gasteiger partial charge on any atom is -0.317 e. The Hall–Kier alpha value is -0.170. The van der Waals surface area contributed by atoms with E-state index >= 15 is 0 Å². The summed E-state index contributed by atoms with van der Waals surface area (Å²) in [6.45, 7) is 13.7. The highest BCUT2D eigenvalue weighted by Gasteiger charge is 2.14. The van der Waals surface area contributed by atoms with Gasteiger partial charge in [-0.05, 0) is 53.6 Å². The summed E-state index contributed by atoms with van der Waals surface area (Å²) in [6, 6.07) is 0.860. The molecule has 0 unspecified atom stereocenters. The molecule has 0 rings (SSSR count). The van der Waals surface area contributed by atoms with Crippen LogP contribution in [0.1, 0.15) is 47.5 Å². The summed E-state index contributed by atoms with van der Waals surface area (Å²) in [5.41, 5.74) is 0. The van der Waals surface area contributed by atoms with Gasteiger partial charge in [-0.1, -0.05) is 6.92 Å². The van der Waals surface area contributed by atoms with Gasteiger partial charge in [0.2, 0.25) is 10.0 Å². The highest BCUT2D eigenvalue weighted by atomic mass is 32.2. The number of sulfonamides is 1. The lowest BCUT2D eigenvalue weighted by Gasteiger charge is -2.30. The van der Waals surface area contributed by atoms with Crippen molar-refractivity contribution in [2.24, 2.45) is 0 Å². The first kappa shape index (κ1) is 19.8. The van der Waals surface area contributed by atoms with E-state index in [-0.39, 0.29) is 5.75 Å². The molecule has 0 fully saturated rings. The van der Waals surface area contributed by atoms with Gasteiger partial charge in [0.1, 0.15) is 0 Å². The maximum atomic E-state index is 11.8. The van der Waals surface area contributed by atoms with Gasteiger partial charge in [-0.2, -0.15) is 0 Å². The molecule has 6 heteroatoms. The smallest absolute Gasteiger partial charge is 0.211 e. The number of unbranched alkanes of at least 4 members (excludes halogenated alkanes) is 1. The van der Waals surface area contributed by atoms with Crippen LogP contribution in [0, 0.1) is 0 Å². The molecule has 2 N–H and O–H groups in total. The summed E-state index contributed by atoms with van der Waals surface area (Å²) < 4.78 is 26.4. The van der Waals surface area contributed by atoms with Gasteiger partial charge in [-0.15, -0.1) is 0 Å². The van der Waals surface area contributed by atoms with Crippen molar-refractivity contribution in [2.75, 3.05) is 31.9 Å². The van der Waals surface area contributed by atoms with Crippen LogP contribution in [-0.4, -0.2) is 57.3 Å². The van der Waals surface area contributed by atoms with Crippen molar-refractivity contribution in [3.05, 3.63) is 0 Å². The zero-order valence-electron chi connectivity index (χ0n) is 13.8. The fourth-order valence-corrected chi connectivity index (χ4v) is 3.36. The summed E-state index contributed by atoms with van der Waals surface area (Å²) in [5.74, 6) is 0.224. The predicted molar refractivity (Wildman–Crippen MR) is 86.5 cm³/mol. The lowest BCUT2D eigenvalue weighted by Crippen LogP contribution is -2.42. The minimum atomic E-state index is -3.12. The molecule has 0 atom stereocenters. The molecule has 0 aromatic carbocycles. The van der Waals surface area contributed by atoms with Crippen LogP contribution in [-0.2, 0) is 10.0 Å². The first-order valence-electron chi connectivity index (χ1n) is 7.74. The standard InChI is InChI=1S/C14H33N3O2S/c1-6-15-9-7-8-12-20(18,19)16-10-11-17(13(2)3)14(4)5/h13-16H,6-12H2,1-5H3. The summed E-state index contributed by atoms with van der Waals surface area (Å²) in [6.07, 6.45) is 1.61. The molecule has 0 aromatic heterocycles. The summed E-state index contributed by atoms with van der Waals surface area (Å²) >= 11 is 0. The second-order valence-corrected chi connectivity index (χ2v) is 7.63. The van der Waals surface area contributed by atoms with E-state index in [0.29, 0.717) is 25.0 Å². The molecular weight excluding hydrogens is 274 g/mol. The molecule has 0 aliphatic carbocycles. The highest BCUT2D eigenvalue weighted by molar-refractivity contribution is 7.89. The van der Waals surface area contributed by atoms with E-state index in [2.05, 4.69) is 42.6 Å². The number of rotatable bonds is 12. The van der Waals surface area contributed by atoms with Crippen LogP contribution in [0.5, 0.6) is 0 Å². The molecular formula is C14H33N3O2S. The van der Waals surface area contributed by atoms with Gasteiger partial charge in [0.25, 0.3) is 0 Å². The number of nitrogens with one attached hydrogen (secondary N) is 2. The maximum absolute atomic E-state index is 11.8. The van der Waals surface area contributed by atoms with Crippen LogP contribution in [0.3, 0.4) is 0 Å². The van der Waals surface area contributed by atoms with Gasteiger partial charge in [0, 0.05) is 25.2 Å². The van der Waals surface area contributed by atoms with E-state index in [1.165, 1.54) is 0 Å². The Morgan fingerprint density at radius 3 is 2.10 bits per heavy atom. The zero-order valence-corrected chi connectivity index (χ0v) is 14.6. The van der Waals surface area contributed by atoms with Crippen LogP contribution >= 0.6 is 0 Å². The topological polar surface area (TPSA) is 61.4 Å². The van der Waals surface area contributed by atoms with E-state index in [0.717, 1.165) is 26.1 Å². The summed E-state index contributed by atoms with van der Waals surface area (Å²) in [4.78, 5) is 2.29. The van der Waals surface area contributed by atoms with Crippen molar-refractivity contribution in [2.45, 2.75) is 59.5 Å². The van der Waals surface area contributed by atoms with E-state index in [4.69, 9.17) is 0 Å². The average molecular weight is 308 g/mol. The van der Waals surface area contributed by atoms with E-state index < -0.39 is 10.0 Å². The van der Waals surface area contributed by atoms with Gasteiger partial charge in [-0.3, -0.25) is 4.90 Å². The molecule has 0 aliphatic rings. The van der Waals surface area contributed by atoms with Crippen molar-refractivity contribution in [1.82, 2.24) is 14.9 Å². The molecule has 20 heavy (non-hydrogen) atoms. The largest absolute Gasteiger partial charge is 0.317 e. The van der Waals surface area contributed by atoms with Crippen molar-refractivity contribution >= 4 is 10.0 Å². The van der Waals surface area contributed by atoms with Crippen LogP contribution in [0.15, 0.2) is 0 Å². The third-order valence-corrected chi connectivity index (χ3v) is 4.76. The molecule has 0 heterocycles. The molecule has 0 saturated carbocycles. The second-order valence-electron chi connectivity index (χ2n) is 5.70. The Balaban J connectivity index is 3.92. The third-order valence-electron chi connectivity index (χ3n) is 3.29. The van der Waals surface area contributed by atoms with Crippen LogP contribution in [0.4, 0.5) is 0 Å². The van der Waals surface area contributed by atoms with Gasteiger partial charge in [-0.25, -0.2) is 13.1 Å². The van der Waals surface area contributed by atoms with Gasteiger partial charge >= 0.3 is 0 Å². The van der Waals surface area contributed by atoms with Crippen molar-refractivity contribution in [1.29, 1.82) is 0 Å². The molecule has 5 nitrogen and oxygen atoms in total. The van der Waals surface area contributed by atoms with E-state index in [9.17, 15) is 8.42 Å². The van der Waals surface area contributed by atoms with Crippen LogP contribution in [0.2, 0.25) is 0 Å². The van der Waals surface area contributed by atoms with Gasteiger partial charge in [0.05, 0.1) is 5.75 Å². The van der Waals surface area contributed by atoms with Gasteiger partial charge < -0.3 is 5.32 Å². The first-order valence-corrected chi connectivity index (χ1v) is 9.39. The lowest BCUT2D eigenvalue weighted by molar-refractivity contribution is 0.179. The number of hydrogen-bond donors (Lipinski definition) is 2. The normalized spacial score (nSPS) is 12.8. The average Bonchev–Trinajstić information content (AvgIpc) is 2.33. The quantitative estimate of drug-likeness (QED) is 0.535. The van der Waals surface area contributed by atoms with Crippen LogP contribution in [0.25, 0.3) is 0 Å². The highest BCUT2D eigenvalue weighted by Crippen LogP contribution is 2.03. The molecule has 0 amide bonds. The molecule has 0 aromatic rings. The zero-order chi connectivity index (χ0) is 15.6. The fourth-order valence-electron chi connectivity index (χ4n) is 2.23. The van der Waals surface area contributed by atoms with Crippen molar-refractivity contribution in [3.63, 3.8) is 0 Å². The van der Waals surface area contributed by atoms with Crippen molar-refractivity contribution in [3.8, 4) is 0 Å². The summed E-state index contributed by atoms with van der Waals surface area (Å²) in [7, 11) is -3.12.